The molecule has 0 aliphatic rings. The number of anilines is 1. The Kier molecular flexibility index (Phi) is 5.65. The lowest BCUT2D eigenvalue weighted by Gasteiger charge is -2.13. The van der Waals surface area contributed by atoms with Gasteiger partial charge < -0.3 is 10.4 Å². The van der Waals surface area contributed by atoms with Crippen molar-refractivity contribution >= 4 is 35.0 Å². The van der Waals surface area contributed by atoms with Gasteiger partial charge in [0.05, 0.1) is 16.3 Å². The Morgan fingerprint density at radius 1 is 1.59 bits per heavy atom. The number of carboxylic acid groups (broad SMARTS) is 1. The van der Waals surface area contributed by atoms with Crippen LogP contribution >= 0.6 is 23.4 Å². The molecule has 17 heavy (non-hydrogen) atoms. The third-order valence-corrected chi connectivity index (χ3v) is 3.52. The maximum absolute atomic E-state index is 10.7. The van der Waals surface area contributed by atoms with Crippen LogP contribution in [0.5, 0.6) is 0 Å². The van der Waals surface area contributed by atoms with Crippen molar-refractivity contribution in [2.75, 3.05) is 23.9 Å². The minimum atomic E-state index is -0.964. The van der Waals surface area contributed by atoms with Crippen molar-refractivity contribution in [1.82, 2.24) is 0 Å². The lowest BCUT2D eigenvalue weighted by atomic mass is 10.2. The van der Waals surface area contributed by atoms with Gasteiger partial charge >= 0.3 is 5.97 Å². The van der Waals surface area contributed by atoms with Crippen molar-refractivity contribution in [3.05, 3.63) is 28.8 Å². The van der Waals surface area contributed by atoms with E-state index in [1.807, 2.05) is 0 Å². The highest BCUT2D eigenvalue weighted by atomic mass is 35.5. The number of hydrogen-bond acceptors (Lipinski definition) is 3. The van der Waals surface area contributed by atoms with Crippen LogP contribution in [0.1, 0.15) is 17.3 Å². The second-order valence-electron chi connectivity index (χ2n) is 3.94. The third-order valence-electron chi connectivity index (χ3n) is 2.31. The van der Waals surface area contributed by atoms with Gasteiger partial charge in [0, 0.05) is 6.54 Å². The van der Waals surface area contributed by atoms with Gasteiger partial charge in [-0.3, -0.25) is 0 Å². The molecule has 0 spiro atoms. The predicted molar refractivity (Wildman–Crippen MR) is 74.4 cm³/mol. The summed E-state index contributed by atoms with van der Waals surface area (Å²) in [5.74, 6) is 0.659. The SMILES string of the molecule is CSCC(C)CNc1ccc(C(=O)O)cc1Cl. The summed E-state index contributed by atoms with van der Waals surface area (Å²) in [4.78, 5) is 10.7. The number of aromatic carboxylic acids is 1. The highest BCUT2D eigenvalue weighted by Gasteiger charge is 2.07. The summed E-state index contributed by atoms with van der Waals surface area (Å²) >= 11 is 7.81. The van der Waals surface area contributed by atoms with E-state index in [1.54, 1.807) is 23.9 Å². The molecule has 0 aliphatic carbocycles. The Morgan fingerprint density at radius 3 is 2.82 bits per heavy atom. The van der Waals surface area contributed by atoms with Gasteiger partial charge in [-0.25, -0.2) is 4.79 Å². The monoisotopic (exact) mass is 273 g/mol. The van der Waals surface area contributed by atoms with Gasteiger partial charge in [0.2, 0.25) is 0 Å². The van der Waals surface area contributed by atoms with Gasteiger partial charge in [-0.2, -0.15) is 11.8 Å². The molecule has 0 radical (unpaired) electrons. The van der Waals surface area contributed by atoms with E-state index in [0.717, 1.165) is 18.0 Å². The average Bonchev–Trinajstić information content (AvgIpc) is 2.27. The van der Waals surface area contributed by atoms with E-state index in [-0.39, 0.29) is 5.56 Å². The lowest BCUT2D eigenvalue weighted by molar-refractivity contribution is 0.0697. The molecule has 0 amide bonds. The number of halogens is 1. The predicted octanol–water partition coefficient (Wildman–Crippen LogP) is 3.45. The van der Waals surface area contributed by atoms with Crippen molar-refractivity contribution in [3.8, 4) is 0 Å². The Balaban J connectivity index is 2.63. The molecule has 1 aromatic carbocycles. The molecule has 0 bridgehead atoms. The molecule has 0 aromatic heterocycles. The van der Waals surface area contributed by atoms with Crippen LogP contribution in [0, 0.1) is 5.92 Å². The maximum atomic E-state index is 10.7. The minimum Gasteiger partial charge on any atom is -0.478 e. The van der Waals surface area contributed by atoms with Gasteiger partial charge in [0.15, 0.2) is 0 Å². The molecule has 94 valence electrons. The van der Waals surface area contributed by atoms with Crippen LogP contribution in [0.25, 0.3) is 0 Å². The first-order valence-electron chi connectivity index (χ1n) is 5.30. The van der Waals surface area contributed by atoms with E-state index >= 15 is 0 Å². The first-order chi connectivity index (χ1) is 8.04. The molecule has 3 nitrogen and oxygen atoms in total. The summed E-state index contributed by atoms with van der Waals surface area (Å²) < 4.78 is 0. The Bertz CT molecular complexity index is 398. The summed E-state index contributed by atoms with van der Waals surface area (Å²) in [6.07, 6.45) is 2.07. The van der Waals surface area contributed by atoms with Crippen LogP contribution in [-0.2, 0) is 0 Å². The van der Waals surface area contributed by atoms with Crippen LogP contribution in [0.3, 0.4) is 0 Å². The fourth-order valence-electron chi connectivity index (χ4n) is 1.42. The van der Waals surface area contributed by atoms with Crippen LogP contribution in [0.2, 0.25) is 5.02 Å². The van der Waals surface area contributed by atoms with Crippen molar-refractivity contribution in [1.29, 1.82) is 0 Å². The van der Waals surface area contributed by atoms with E-state index in [2.05, 4.69) is 18.5 Å². The maximum Gasteiger partial charge on any atom is 0.335 e. The summed E-state index contributed by atoms with van der Waals surface area (Å²) in [6.45, 7) is 2.98. The Labute approximate surface area is 111 Å². The van der Waals surface area contributed by atoms with Crippen LogP contribution in [0.4, 0.5) is 5.69 Å². The number of benzene rings is 1. The summed E-state index contributed by atoms with van der Waals surface area (Å²) in [7, 11) is 0. The zero-order valence-electron chi connectivity index (χ0n) is 9.87. The molecule has 0 saturated heterocycles. The van der Waals surface area contributed by atoms with E-state index in [4.69, 9.17) is 16.7 Å². The highest BCUT2D eigenvalue weighted by Crippen LogP contribution is 2.23. The number of carboxylic acids is 1. The van der Waals surface area contributed by atoms with Crippen LogP contribution in [-0.4, -0.2) is 29.6 Å². The van der Waals surface area contributed by atoms with E-state index in [1.165, 1.54) is 6.07 Å². The zero-order valence-corrected chi connectivity index (χ0v) is 11.4. The first kappa shape index (κ1) is 14.2. The summed E-state index contributed by atoms with van der Waals surface area (Å²) in [5, 5.41) is 12.5. The van der Waals surface area contributed by atoms with Crippen molar-refractivity contribution < 1.29 is 9.90 Å². The molecule has 0 aliphatic heterocycles. The van der Waals surface area contributed by atoms with E-state index in [9.17, 15) is 4.79 Å². The van der Waals surface area contributed by atoms with Crippen molar-refractivity contribution in [3.63, 3.8) is 0 Å². The third kappa shape index (κ3) is 4.48. The van der Waals surface area contributed by atoms with Gasteiger partial charge in [-0.1, -0.05) is 18.5 Å². The molecule has 0 saturated carbocycles. The molecule has 2 N–H and O–H groups in total. The van der Waals surface area contributed by atoms with Crippen LogP contribution in [0.15, 0.2) is 18.2 Å². The summed E-state index contributed by atoms with van der Waals surface area (Å²) in [6, 6.07) is 4.72. The molecule has 1 atom stereocenters. The summed E-state index contributed by atoms with van der Waals surface area (Å²) in [5.41, 5.74) is 0.988. The number of thioether (sulfide) groups is 1. The Hall–Kier alpha value is -0.870. The second-order valence-corrected chi connectivity index (χ2v) is 5.26. The standard InChI is InChI=1S/C12H16ClNO2S/c1-8(7-17-2)6-14-11-4-3-9(12(15)16)5-10(11)13/h3-5,8,14H,6-7H2,1-2H3,(H,15,16). The number of carbonyl (C=O) groups is 1. The van der Waals surface area contributed by atoms with E-state index < -0.39 is 5.97 Å². The number of rotatable bonds is 6. The molecule has 0 heterocycles. The van der Waals surface area contributed by atoms with Gasteiger partial charge in [-0.15, -0.1) is 0 Å². The smallest absolute Gasteiger partial charge is 0.335 e. The fraction of sp³-hybridized carbons (Fsp3) is 0.417. The number of hydrogen-bond donors (Lipinski definition) is 2. The van der Waals surface area contributed by atoms with Gasteiger partial charge in [-0.05, 0) is 36.1 Å². The fourth-order valence-corrected chi connectivity index (χ4v) is 2.35. The molecule has 1 rings (SSSR count). The Morgan fingerprint density at radius 2 is 2.29 bits per heavy atom. The van der Waals surface area contributed by atoms with Crippen molar-refractivity contribution in [2.45, 2.75) is 6.92 Å². The normalized spacial score (nSPS) is 12.2. The quantitative estimate of drug-likeness (QED) is 0.833. The minimum absolute atomic E-state index is 0.206. The van der Waals surface area contributed by atoms with Gasteiger partial charge in [0.25, 0.3) is 0 Å². The number of nitrogens with one attached hydrogen (secondary N) is 1. The lowest BCUT2D eigenvalue weighted by Crippen LogP contribution is -2.13. The molecule has 1 aromatic rings. The molecule has 5 heteroatoms. The topological polar surface area (TPSA) is 49.3 Å². The molecular weight excluding hydrogens is 258 g/mol. The van der Waals surface area contributed by atoms with Crippen molar-refractivity contribution in [2.24, 2.45) is 5.92 Å². The largest absolute Gasteiger partial charge is 0.478 e. The van der Waals surface area contributed by atoms with Crippen LogP contribution < -0.4 is 5.32 Å². The molecular formula is C12H16ClNO2S. The average molecular weight is 274 g/mol. The zero-order chi connectivity index (χ0) is 12.8. The molecule has 0 fully saturated rings. The second kappa shape index (κ2) is 6.77. The first-order valence-corrected chi connectivity index (χ1v) is 7.07. The molecule has 1 unspecified atom stereocenters. The van der Waals surface area contributed by atoms with Gasteiger partial charge in [0.1, 0.15) is 0 Å². The highest BCUT2D eigenvalue weighted by molar-refractivity contribution is 7.98. The van der Waals surface area contributed by atoms with E-state index in [0.29, 0.717) is 10.9 Å².